The summed E-state index contributed by atoms with van der Waals surface area (Å²) in [7, 11) is -2.82. The van der Waals surface area contributed by atoms with Crippen molar-refractivity contribution in [1.29, 1.82) is 0 Å². The zero-order chi connectivity index (χ0) is 26.5. The smallest absolute Gasteiger partial charge is 0.335 e. The van der Waals surface area contributed by atoms with E-state index in [1.807, 2.05) is 0 Å². The van der Waals surface area contributed by atoms with E-state index in [9.17, 15) is 23.4 Å². The van der Waals surface area contributed by atoms with Crippen molar-refractivity contribution in [2.75, 3.05) is 24.0 Å². The van der Waals surface area contributed by atoms with E-state index in [2.05, 4.69) is 12.8 Å². The number of sulfonamides is 1. The van der Waals surface area contributed by atoms with E-state index in [0.717, 1.165) is 17.7 Å². The molecular formula is C24H25NO9S2. The van der Waals surface area contributed by atoms with Crippen LogP contribution >= 0.6 is 12.8 Å². The molecule has 12 heteroatoms. The summed E-state index contributed by atoms with van der Waals surface area (Å²) in [4.78, 5) is 11.7. The minimum Gasteiger partial charge on any atom is -0.497 e. The number of hydrogen-bond donors (Lipinski definition) is 4. The number of thiol groups is 1. The third-order valence-corrected chi connectivity index (χ3v) is 7.32. The lowest BCUT2D eigenvalue weighted by atomic mass is 10.1. The van der Waals surface area contributed by atoms with Crippen molar-refractivity contribution in [2.24, 2.45) is 0 Å². The van der Waals surface area contributed by atoms with Gasteiger partial charge < -0.3 is 29.5 Å². The molecule has 3 rings (SSSR count). The summed E-state index contributed by atoms with van der Waals surface area (Å²) in [6, 6.07) is 14.6. The molecule has 3 aromatic rings. The predicted octanol–water partition coefficient (Wildman–Crippen LogP) is 3.27. The number of rotatable bonds is 11. The van der Waals surface area contributed by atoms with Crippen LogP contribution in [0, 0.1) is 6.92 Å². The first-order valence-electron chi connectivity index (χ1n) is 10.5. The molecule has 1 unspecified atom stereocenters. The van der Waals surface area contributed by atoms with Crippen molar-refractivity contribution in [3.63, 3.8) is 0 Å². The summed E-state index contributed by atoms with van der Waals surface area (Å²) in [5.74, 6) is -1.08. The van der Waals surface area contributed by atoms with Crippen LogP contribution in [0.4, 0.5) is 5.69 Å². The normalized spacial score (nSPS) is 12.0. The molecule has 0 amide bonds. The van der Waals surface area contributed by atoms with Gasteiger partial charge in [0.1, 0.15) is 29.9 Å². The van der Waals surface area contributed by atoms with Crippen molar-refractivity contribution < 1.29 is 42.7 Å². The van der Waals surface area contributed by atoms with Gasteiger partial charge in [0.2, 0.25) is 0 Å². The Morgan fingerprint density at radius 3 is 2.36 bits per heavy atom. The SMILES string of the molecule is COc1cccc(Oc2c(OCC(O)CO)cc(C(=O)O)cc2N(S)S(=O)(=O)c2ccc(C)cc2)c1. The summed E-state index contributed by atoms with van der Waals surface area (Å²) in [6.45, 7) is 0.762. The van der Waals surface area contributed by atoms with E-state index in [1.165, 1.54) is 25.3 Å². The number of aromatic carboxylic acids is 1. The van der Waals surface area contributed by atoms with Crippen LogP contribution in [0.1, 0.15) is 15.9 Å². The average Bonchev–Trinajstić information content (AvgIpc) is 2.87. The molecule has 0 heterocycles. The third kappa shape index (κ3) is 6.21. The Bertz CT molecular complexity index is 1330. The largest absolute Gasteiger partial charge is 0.497 e. The molecule has 0 saturated heterocycles. The van der Waals surface area contributed by atoms with Crippen LogP contribution in [0.2, 0.25) is 0 Å². The van der Waals surface area contributed by atoms with Crippen molar-refractivity contribution in [3.05, 3.63) is 71.8 Å². The van der Waals surface area contributed by atoms with Crippen molar-refractivity contribution >= 4 is 34.5 Å². The van der Waals surface area contributed by atoms with Crippen molar-refractivity contribution in [2.45, 2.75) is 17.9 Å². The van der Waals surface area contributed by atoms with Gasteiger partial charge in [-0.15, -0.1) is 0 Å². The quantitative estimate of drug-likeness (QED) is 0.272. The molecule has 3 N–H and O–H groups in total. The highest BCUT2D eigenvalue weighted by Crippen LogP contribution is 2.45. The Morgan fingerprint density at radius 1 is 1.08 bits per heavy atom. The highest BCUT2D eigenvalue weighted by atomic mass is 32.3. The molecule has 0 radical (unpaired) electrons. The topological polar surface area (TPSA) is 143 Å². The van der Waals surface area contributed by atoms with Crippen molar-refractivity contribution in [1.82, 2.24) is 0 Å². The molecule has 0 spiro atoms. The number of aryl methyl sites for hydroxylation is 1. The van der Waals surface area contributed by atoms with Crippen LogP contribution < -0.4 is 17.9 Å². The van der Waals surface area contributed by atoms with Gasteiger partial charge in [-0.1, -0.05) is 23.8 Å². The van der Waals surface area contributed by atoms with E-state index < -0.39 is 35.3 Å². The first kappa shape index (κ1) is 27.1. The number of anilines is 1. The molecular weight excluding hydrogens is 510 g/mol. The van der Waals surface area contributed by atoms with Gasteiger partial charge in [-0.05, 0) is 56.1 Å². The number of carbonyl (C=O) groups is 1. The van der Waals surface area contributed by atoms with Crippen molar-refractivity contribution in [3.8, 4) is 23.0 Å². The Labute approximate surface area is 213 Å². The van der Waals surface area contributed by atoms with Crippen LogP contribution in [0.25, 0.3) is 0 Å². The zero-order valence-corrected chi connectivity index (χ0v) is 21.1. The summed E-state index contributed by atoms with van der Waals surface area (Å²) in [6.07, 6.45) is -1.28. The summed E-state index contributed by atoms with van der Waals surface area (Å²) >= 11 is 4.21. The van der Waals surface area contributed by atoms with Crippen LogP contribution in [0.5, 0.6) is 23.0 Å². The lowest BCUT2D eigenvalue weighted by Gasteiger charge is -2.24. The van der Waals surface area contributed by atoms with E-state index in [4.69, 9.17) is 19.3 Å². The molecule has 0 aliphatic carbocycles. The summed E-state index contributed by atoms with van der Waals surface area (Å²) < 4.78 is 44.0. The maximum absolute atomic E-state index is 13.4. The van der Waals surface area contributed by atoms with E-state index in [-0.39, 0.29) is 33.4 Å². The predicted molar refractivity (Wildman–Crippen MR) is 135 cm³/mol. The van der Waals surface area contributed by atoms with Crippen LogP contribution in [0.15, 0.2) is 65.6 Å². The highest BCUT2D eigenvalue weighted by Gasteiger charge is 2.29. The van der Waals surface area contributed by atoms with Crippen LogP contribution in [0.3, 0.4) is 0 Å². The number of methoxy groups -OCH3 is 1. The number of aliphatic hydroxyl groups excluding tert-OH is 2. The van der Waals surface area contributed by atoms with Gasteiger partial charge in [-0.25, -0.2) is 16.9 Å². The Kier molecular flexibility index (Phi) is 8.69. The number of nitrogens with zero attached hydrogens (tertiary/aromatic N) is 1. The fourth-order valence-electron chi connectivity index (χ4n) is 3.02. The van der Waals surface area contributed by atoms with E-state index >= 15 is 0 Å². The second kappa shape index (κ2) is 11.5. The Hall–Kier alpha value is -3.45. The van der Waals surface area contributed by atoms with Gasteiger partial charge in [0.15, 0.2) is 11.5 Å². The Balaban J connectivity index is 2.20. The molecule has 10 nitrogen and oxygen atoms in total. The molecule has 0 aliphatic rings. The molecule has 0 aromatic heterocycles. The molecule has 0 saturated carbocycles. The number of hydrogen-bond acceptors (Lipinski definition) is 9. The second-order valence-electron chi connectivity index (χ2n) is 7.62. The van der Waals surface area contributed by atoms with E-state index in [1.54, 1.807) is 37.3 Å². The number of aliphatic hydroxyl groups is 2. The summed E-state index contributed by atoms with van der Waals surface area (Å²) in [5.41, 5.74) is 0.262. The van der Waals surface area contributed by atoms with Crippen LogP contribution in [-0.4, -0.2) is 56.1 Å². The average molecular weight is 536 g/mol. The maximum atomic E-state index is 13.4. The number of carboxylic acid groups (broad SMARTS) is 1. The molecule has 36 heavy (non-hydrogen) atoms. The molecule has 1 atom stereocenters. The highest BCUT2D eigenvalue weighted by molar-refractivity contribution is 8.06. The van der Waals surface area contributed by atoms with Gasteiger partial charge >= 0.3 is 5.97 Å². The molecule has 192 valence electrons. The number of ether oxygens (including phenoxy) is 3. The second-order valence-corrected chi connectivity index (χ2v) is 10.1. The molecule has 0 fully saturated rings. The molecule has 0 aliphatic heterocycles. The maximum Gasteiger partial charge on any atom is 0.335 e. The lowest BCUT2D eigenvalue weighted by Crippen LogP contribution is -2.24. The first-order chi connectivity index (χ1) is 17.1. The van der Waals surface area contributed by atoms with Gasteiger partial charge in [-0.3, -0.25) is 0 Å². The standard InChI is InChI=1S/C24H25NO9S2/c1-15-6-8-20(9-7-15)36(30,31)25(35)21-10-16(24(28)29)11-22(33-14-17(27)13-26)23(21)34-19-5-3-4-18(12-19)32-2/h3-12,17,26-27,35H,13-14H2,1-2H3,(H,28,29). The summed E-state index contributed by atoms with van der Waals surface area (Å²) in [5, 5.41) is 28.5. The third-order valence-electron chi connectivity index (χ3n) is 4.94. The van der Waals surface area contributed by atoms with Gasteiger partial charge in [0, 0.05) is 6.07 Å². The van der Waals surface area contributed by atoms with Gasteiger partial charge in [-0.2, -0.15) is 0 Å². The number of benzene rings is 3. The lowest BCUT2D eigenvalue weighted by molar-refractivity contribution is 0.0528. The molecule has 3 aromatic carbocycles. The van der Waals surface area contributed by atoms with Gasteiger partial charge in [0.25, 0.3) is 10.0 Å². The van der Waals surface area contributed by atoms with Gasteiger partial charge in [0.05, 0.1) is 24.2 Å². The Morgan fingerprint density at radius 2 is 1.75 bits per heavy atom. The fourth-order valence-corrected chi connectivity index (χ4v) is 4.53. The fraction of sp³-hybridized carbons (Fsp3) is 0.208. The number of carboxylic acids is 1. The first-order valence-corrected chi connectivity index (χ1v) is 12.4. The minimum atomic E-state index is -4.28. The molecule has 0 bridgehead atoms. The van der Waals surface area contributed by atoms with Crippen LogP contribution in [-0.2, 0) is 10.0 Å². The van der Waals surface area contributed by atoms with E-state index in [0.29, 0.717) is 9.46 Å². The minimum absolute atomic E-state index is 0.0886. The zero-order valence-electron chi connectivity index (χ0n) is 19.4. The monoisotopic (exact) mass is 535 g/mol.